The Balaban J connectivity index is 1.17. The fourth-order valence-electron chi connectivity index (χ4n) is 13.4. The molecule has 19 atom stereocenters. The van der Waals surface area contributed by atoms with Gasteiger partial charge in [-0.3, -0.25) is 9.59 Å². The third kappa shape index (κ3) is 6.25. The molecular formula is C42H62O16. The van der Waals surface area contributed by atoms with Gasteiger partial charge in [-0.15, -0.1) is 0 Å². The molecule has 6 fully saturated rings. The van der Waals surface area contributed by atoms with Crippen molar-refractivity contribution >= 4 is 23.7 Å². The number of hydrogen-bond acceptors (Lipinski definition) is 13. The molecule has 0 aromatic heterocycles. The van der Waals surface area contributed by atoms with E-state index in [1.165, 1.54) is 0 Å². The molecule has 0 aromatic rings. The van der Waals surface area contributed by atoms with Gasteiger partial charge < -0.3 is 59.8 Å². The summed E-state index contributed by atoms with van der Waals surface area (Å²) in [7, 11) is 0. The van der Waals surface area contributed by atoms with E-state index in [1.807, 2.05) is 26.8 Å². The highest BCUT2D eigenvalue weighted by Crippen LogP contribution is 2.75. The standard InChI is InChI=1S/C42H62O16/c1-37(2)21-8-11-42(7)31(20(43)16-18-19-17-39(4,36(53)54)13-12-38(19,3)14-15-41(18,42)6)40(21,5)10-9-22(37)55-35-30(26(47)24(45)28(58-35)33(50)51)56-29-25(46)23(44)27(32(48)49)57-34(29)52/h16,19,21-31,34-35,44-47,52H,8-15,17H2,1-7H3,(H,48,49)(H,50,51)(H,53,54). The van der Waals surface area contributed by atoms with Crippen LogP contribution >= 0.6 is 0 Å². The molecule has 326 valence electrons. The number of aliphatic hydroxyl groups is 5. The largest absolute Gasteiger partial charge is 0.481 e. The second kappa shape index (κ2) is 14.3. The van der Waals surface area contributed by atoms with Crippen molar-refractivity contribution in [3.8, 4) is 0 Å². The number of allylic oxidation sites excluding steroid dienone is 2. The fraction of sp³-hybridized carbons (Fsp3) is 0.857. The van der Waals surface area contributed by atoms with Gasteiger partial charge in [0.05, 0.1) is 11.5 Å². The zero-order valence-corrected chi connectivity index (χ0v) is 34.4. The smallest absolute Gasteiger partial charge is 0.335 e. The molecule has 19 unspecified atom stereocenters. The molecule has 8 N–H and O–H groups in total. The molecule has 2 aliphatic heterocycles. The van der Waals surface area contributed by atoms with E-state index in [9.17, 15) is 60.0 Å². The topological polar surface area (TPSA) is 267 Å². The van der Waals surface area contributed by atoms with Crippen molar-refractivity contribution in [2.75, 3.05) is 0 Å². The maximum atomic E-state index is 14.8. The van der Waals surface area contributed by atoms with Crippen molar-refractivity contribution in [2.45, 2.75) is 174 Å². The molecule has 2 saturated heterocycles. The van der Waals surface area contributed by atoms with Gasteiger partial charge in [-0.25, -0.2) is 9.59 Å². The molecule has 2 heterocycles. The Morgan fingerprint density at radius 2 is 1.29 bits per heavy atom. The van der Waals surface area contributed by atoms with Crippen LogP contribution in [0.2, 0.25) is 0 Å². The zero-order valence-electron chi connectivity index (χ0n) is 34.4. The van der Waals surface area contributed by atoms with Crippen LogP contribution in [0.4, 0.5) is 0 Å². The van der Waals surface area contributed by atoms with Gasteiger partial charge in [0.2, 0.25) is 0 Å². The van der Waals surface area contributed by atoms with Gasteiger partial charge >= 0.3 is 17.9 Å². The lowest BCUT2D eigenvalue weighted by Gasteiger charge is -2.70. The molecule has 58 heavy (non-hydrogen) atoms. The number of hydrogen-bond donors (Lipinski definition) is 8. The van der Waals surface area contributed by atoms with Gasteiger partial charge in [0.1, 0.15) is 36.6 Å². The van der Waals surface area contributed by atoms with E-state index in [0.29, 0.717) is 25.7 Å². The third-order valence-corrected chi connectivity index (χ3v) is 17.2. The maximum Gasteiger partial charge on any atom is 0.335 e. The SMILES string of the molecule is CC1(C(=O)O)CCC2(C)CCC3(C)C(=CC(=O)C4C5(C)CCC(OC6OC(C(=O)O)C(O)C(O)C6OC6C(O)OC(C(=O)O)C(O)C6O)C(C)(C)C5CCC43C)C2C1. The van der Waals surface area contributed by atoms with Crippen molar-refractivity contribution in [2.24, 2.45) is 50.2 Å². The van der Waals surface area contributed by atoms with Gasteiger partial charge in [-0.05, 0) is 110 Å². The number of aliphatic hydroxyl groups excluding tert-OH is 5. The lowest BCUT2D eigenvalue weighted by molar-refractivity contribution is -0.361. The first-order valence-corrected chi connectivity index (χ1v) is 20.7. The van der Waals surface area contributed by atoms with Crippen LogP contribution in [0.1, 0.15) is 106 Å². The first kappa shape index (κ1) is 43.5. The van der Waals surface area contributed by atoms with Crippen LogP contribution < -0.4 is 0 Å². The second-order valence-electron chi connectivity index (χ2n) is 20.6. The first-order chi connectivity index (χ1) is 26.8. The third-order valence-electron chi connectivity index (χ3n) is 17.2. The number of carboxylic acids is 3. The quantitative estimate of drug-likeness (QED) is 0.171. The monoisotopic (exact) mass is 822 g/mol. The summed E-state index contributed by atoms with van der Waals surface area (Å²) < 4.78 is 23.1. The molecule has 7 rings (SSSR count). The predicted molar refractivity (Wildman–Crippen MR) is 199 cm³/mol. The Labute approximate surface area is 337 Å². The molecule has 4 saturated carbocycles. The maximum absolute atomic E-state index is 14.8. The Morgan fingerprint density at radius 1 is 0.707 bits per heavy atom. The minimum atomic E-state index is -2.12. The van der Waals surface area contributed by atoms with Crippen molar-refractivity contribution in [3.63, 3.8) is 0 Å². The van der Waals surface area contributed by atoms with Crippen LogP contribution in [0, 0.1) is 50.2 Å². The summed E-state index contributed by atoms with van der Waals surface area (Å²) in [5, 5.41) is 83.4. The first-order valence-electron chi connectivity index (χ1n) is 20.7. The van der Waals surface area contributed by atoms with Crippen molar-refractivity contribution in [1.82, 2.24) is 0 Å². The molecule has 0 aromatic carbocycles. The van der Waals surface area contributed by atoms with E-state index in [1.54, 1.807) is 0 Å². The van der Waals surface area contributed by atoms with Crippen LogP contribution in [0.25, 0.3) is 0 Å². The number of carboxylic acid groups (broad SMARTS) is 3. The molecule has 5 aliphatic carbocycles. The molecule has 7 aliphatic rings. The zero-order chi connectivity index (χ0) is 42.9. The van der Waals surface area contributed by atoms with E-state index in [0.717, 1.165) is 37.7 Å². The highest BCUT2D eigenvalue weighted by Gasteiger charge is 2.71. The van der Waals surface area contributed by atoms with Crippen molar-refractivity contribution < 1.29 is 79.0 Å². The van der Waals surface area contributed by atoms with Crippen molar-refractivity contribution in [3.05, 3.63) is 11.6 Å². The minimum absolute atomic E-state index is 0.0210. The average molecular weight is 823 g/mol. The van der Waals surface area contributed by atoms with E-state index in [2.05, 4.69) is 27.7 Å². The van der Waals surface area contributed by atoms with Crippen LogP contribution in [-0.4, -0.2) is 132 Å². The average Bonchev–Trinajstić information content (AvgIpc) is 3.13. The summed E-state index contributed by atoms with van der Waals surface area (Å²) in [6.07, 6.45) is -12.2. The number of rotatable bonds is 7. The van der Waals surface area contributed by atoms with Gasteiger partial charge in [-0.2, -0.15) is 0 Å². The summed E-state index contributed by atoms with van der Waals surface area (Å²) in [6.45, 7) is 14.9. The van der Waals surface area contributed by atoms with Gasteiger partial charge in [0.25, 0.3) is 0 Å². The summed E-state index contributed by atoms with van der Waals surface area (Å²) in [4.78, 5) is 51.1. The van der Waals surface area contributed by atoms with E-state index >= 15 is 0 Å². The number of fused-ring (bicyclic) bond motifs is 7. The Kier molecular flexibility index (Phi) is 10.7. The van der Waals surface area contributed by atoms with E-state index in [-0.39, 0.29) is 34.4 Å². The van der Waals surface area contributed by atoms with Gasteiger partial charge in [0, 0.05) is 5.92 Å². The fourth-order valence-corrected chi connectivity index (χ4v) is 13.4. The lowest BCUT2D eigenvalue weighted by Crippen LogP contribution is -2.68. The van der Waals surface area contributed by atoms with Crippen LogP contribution in [0.5, 0.6) is 0 Å². The molecule has 0 bridgehead atoms. The normalized spacial score (nSPS) is 52.6. The molecular weight excluding hydrogens is 760 g/mol. The van der Waals surface area contributed by atoms with Gasteiger partial charge in [0.15, 0.2) is 30.6 Å². The molecule has 0 radical (unpaired) electrons. The number of ether oxygens (including phenoxy) is 4. The Bertz CT molecular complexity index is 1730. The Hall–Kier alpha value is -2.54. The molecule has 0 amide bonds. The van der Waals surface area contributed by atoms with Crippen LogP contribution in [0.15, 0.2) is 11.6 Å². The molecule has 0 spiro atoms. The highest BCUT2D eigenvalue weighted by molar-refractivity contribution is 5.95. The Morgan fingerprint density at radius 3 is 1.90 bits per heavy atom. The predicted octanol–water partition coefficient (Wildman–Crippen LogP) is 2.25. The number of ketones is 1. The summed E-state index contributed by atoms with van der Waals surface area (Å²) >= 11 is 0. The van der Waals surface area contributed by atoms with Crippen molar-refractivity contribution in [1.29, 1.82) is 0 Å². The number of carbonyl (C=O) groups is 4. The summed E-state index contributed by atoms with van der Waals surface area (Å²) in [5.41, 5.74) is -1.80. The second-order valence-corrected chi connectivity index (χ2v) is 20.6. The molecule has 16 heteroatoms. The van der Waals surface area contributed by atoms with Crippen LogP contribution in [0.3, 0.4) is 0 Å². The molecule has 16 nitrogen and oxygen atoms in total. The highest BCUT2D eigenvalue weighted by atomic mass is 16.7. The van der Waals surface area contributed by atoms with Crippen LogP contribution in [-0.2, 0) is 38.1 Å². The van der Waals surface area contributed by atoms with E-state index < -0.39 is 107 Å². The minimum Gasteiger partial charge on any atom is -0.481 e. The van der Waals surface area contributed by atoms with Gasteiger partial charge in [-0.1, -0.05) is 47.1 Å². The van der Waals surface area contributed by atoms with E-state index in [4.69, 9.17) is 18.9 Å². The number of carbonyl (C=O) groups excluding carboxylic acids is 1. The number of aliphatic carboxylic acids is 3. The summed E-state index contributed by atoms with van der Waals surface area (Å²) in [6, 6.07) is 0. The summed E-state index contributed by atoms with van der Waals surface area (Å²) in [5.74, 6) is -4.45. The lowest BCUT2D eigenvalue weighted by atomic mass is 9.33.